The highest BCUT2D eigenvalue weighted by Crippen LogP contribution is 2.15. The van der Waals surface area contributed by atoms with Gasteiger partial charge in [0.05, 0.1) is 13.5 Å². The van der Waals surface area contributed by atoms with Crippen LogP contribution in [0, 0.1) is 0 Å². The first kappa shape index (κ1) is 21.3. The number of amides is 1. The quantitative estimate of drug-likeness (QED) is 0.517. The van der Waals surface area contributed by atoms with E-state index in [0.29, 0.717) is 13.1 Å². The molecule has 1 atom stereocenters. The Morgan fingerprint density at radius 1 is 1.16 bits per heavy atom. The van der Waals surface area contributed by atoms with Crippen LogP contribution in [0.25, 0.3) is 0 Å². The van der Waals surface area contributed by atoms with Crippen molar-refractivity contribution < 1.29 is 19.1 Å². The van der Waals surface area contributed by atoms with E-state index >= 15 is 0 Å². The summed E-state index contributed by atoms with van der Waals surface area (Å²) in [6.07, 6.45) is 0.167. The molecule has 0 unspecified atom stereocenters. The average Bonchev–Trinajstić information content (AvgIpc) is 2.50. The fraction of sp³-hybridized carbons (Fsp3) is 0.579. The standard InChI is InChI=1S/C19H28ClNO4/c1-14(20)12-21(13-15-6-8-16(24-5)9-7-15)17(22)10-11-18(23)25-19(2,3)4/h6-9,14H,10-13H2,1-5H3/t14-/m1/s1. The Bertz CT molecular complexity index is 564. The van der Waals surface area contributed by atoms with E-state index in [1.54, 1.807) is 32.8 Å². The van der Waals surface area contributed by atoms with E-state index in [-0.39, 0.29) is 30.1 Å². The van der Waals surface area contributed by atoms with Crippen LogP contribution in [-0.4, -0.2) is 41.4 Å². The molecular weight excluding hydrogens is 342 g/mol. The van der Waals surface area contributed by atoms with Gasteiger partial charge in [-0.1, -0.05) is 12.1 Å². The number of nitrogens with zero attached hydrogens (tertiary/aromatic N) is 1. The van der Waals surface area contributed by atoms with Crippen molar-refractivity contribution in [2.24, 2.45) is 0 Å². The lowest BCUT2D eigenvalue weighted by molar-refractivity contribution is -0.156. The second kappa shape index (κ2) is 9.66. The summed E-state index contributed by atoms with van der Waals surface area (Å²) in [5.41, 5.74) is 0.428. The van der Waals surface area contributed by atoms with Gasteiger partial charge in [-0.3, -0.25) is 9.59 Å². The molecule has 1 aromatic carbocycles. The maximum atomic E-state index is 12.5. The zero-order valence-corrected chi connectivity index (χ0v) is 16.4. The van der Waals surface area contributed by atoms with E-state index in [9.17, 15) is 9.59 Å². The molecule has 0 saturated carbocycles. The molecule has 0 saturated heterocycles. The summed E-state index contributed by atoms with van der Waals surface area (Å²) >= 11 is 6.07. The first-order valence-electron chi connectivity index (χ1n) is 8.37. The molecule has 0 aliphatic heterocycles. The van der Waals surface area contributed by atoms with Gasteiger partial charge in [0, 0.05) is 24.9 Å². The highest BCUT2D eigenvalue weighted by atomic mass is 35.5. The highest BCUT2D eigenvalue weighted by molar-refractivity contribution is 6.20. The van der Waals surface area contributed by atoms with Gasteiger partial charge in [-0.15, -0.1) is 11.6 Å². The summed E-state index contributed by atoms with van der Waals surface area (Å²) in [5, 5.41) is -0.177. The molecule has 0 aromatic heterocycles. The Kier molecular flexibility index (Phi) is 8.23. The number of ether oxygens (including phenoxy) is 2. The lowest BCUT2D eigenvalue weighted by Crippen LogP contribution is -2.35. The first-order chi connectivity index (χ1) is 11.6. The van der Waals surface area contributed by atoms with Gasteiger partial charge in [-0.2, -0.15) is 0 Å². The molecule has 0 radical (unpaired) electrons. The van der Waals surface area contributed by atoms with Gasteiger partial charge in [-0.25, -0.2) is 0 Å². The summed E-state index contributed by atoms with van der Waals surface area (Å²) in [4.78, 5) is 26.0. The van der Waals surface area contributed by atoms with Gasteiger partial charge >= 0.3 is 5.97 Å². The van der Waals surface area contributed by atoms with E-state index in [1.165, 1.54) is 0 Å². The minimum Gasteiger partial charge on any atom is -0.497 e. The normalized spacial score (nSPS) is 12.4. The predicted molar refractivity (Wildman–Crippen MR) is 98.8 cm³/mol. The number of hydrogen-bond donors (Lipinski definition) is 0. The molecule has 0 spiro atoms. The van der Waals surface area contributed by atoms with E-state index in [1.807, 2.05) is 31.2 Å². The molecule has 0 N–H and O–H groups in total. The Labute approximate surface area is 155 Å². The molecule has 25 heavy (non-hydrogen) atoms. The molecule has 0 bridgehead atoms. The van der Waals surface area contributed by atoms with E-state index in [0.717, 1.165) is 11.3 Å². The van der Waals surface area contributed by atoms with Gasteiger partial charge in [0.2, 0.25) is 5.91 Å². The summed E-state index contributed by atoms with van der Waals surface area (Å²) in [6, 6.07) is 7.52. The SMILES string of the molecule is COc1ccc(CN(C[C@@H](C)Cl)C(=O)CCC(=O)OC(C)(C)C)cc1. The Morgan fingerprint density at radius 2 is 1.76 bits per heavy atom. The maximum absolute atomic E-state index is 12.5. The fourth-order valence-corrected chi connectivity index (χ4v) is 2.44. The van der Waals surface area contributed by atoms with Crippen LogP contribution >= 0.6 is 11.6 Å². The summed E-state index contributed by atoms with van der Waals surface area (Å²) in [7, 11) is 1.61. The molecule has 1 aromatic rings. The maximum Gasteiger partial charge on any atom is 0.306 e. The van der Waals surface area contributed by atoms with Crippen LogP contribution in [0.3, 0.4) is 0 Å². The zero-order chi connectivity index (χ0) is 19.0. The van der Waals surface area contributed by atoms with Crippen LogP contribution in [0.15, 0.2) is 24.3 Å². The van der Waals surface area contributed by atoms with Gasteiger partial charge in [-0.05, 0) is 45.4 Å². The number of carbonyl (C=O) groups is 2. The van der Waals surface area contributed by atoms with Crippen molar-refractivity contribution >= 4 is 23.5 Å². The van der Waals surface area contributed by atoms with Crippen molar-refractivity contribution in [2.45, 2.75) is 58.1 Å². The molecule has 1 amide bonds. The summed E-state index contributed by atoms with van der Waals surface area (Å²) in [6.45, 7) is 8.10. The van der Waals surface area contributed by atoms with Crippen molar-refractivity contribution in [3.05, 3.63) is 29.8 Å². The van der Waals surface area contributed by atoms with E-state index < -0.39 is 5.60 Å². The van der Waals surface area contributed by atoms with Crippen LogP contribution in [0.2, 0.25) is 0 Å². The largest absolute Gasteiger partial charge is 0.497 e. The van der Waals surface area contributed by atoms with E-state index in [4.69, 9.17) is 21.1 Å². The summed E-state index contributed by atoms with van der Waals surface area (Å²) in [5.74, 6) is 0.274. The third-order valence-electron chi connectivity index (χ3n) is 3.32. The zero-order valence-electron chi connectivity index (χ0n) is 15.7. The minimum absolute atomic E-state index is 0.0614. The smallest absolute Gasteiger partial charge is 0.306 e. The molecule has 0 fully saturated rings. The Hall–Kier alpha value is -1.75. The van der Waals surface area contributed by atoms with Crippen molar-refractivity contribution in [1.82, 2.24) is 4.90 Å². The topological polar surface area (TPSA) is 55.8 Å². The number of rotatable bonds is 8. The van der Waals surface area contributed by atoms with Crippen molar-refractivity contribution in [1.29, 1.82) is 0 Å². The van der Waals surface area contributed by atoms with Crippen LogP contribution in [0.1, 0.15) is 46.1 Å². The van der Waals surface area contributed by atoms with Crippen molar-refractivity contribution in [2.75, 3.05) is 13.7 Å². The lowest BCUT2D eigenvalue weighted by atomic mass is 10.1. The fourth-order valence-electron chi connectivity index (χ4n) is 2.27. The van der Waals surface area contributed by atoms with Crippen molar-refractivity contribution in [3.8, 4) is 5.75 Å². The molecular formula is C19H28ClNO4. The minimum atomic E-state index is -0.548. The van der Waals surface area contributed by atoms with Gasteiger partial charge in [0.25, 0.3) is 0 Å². The molecule has 140 valence electrons. The Balaban J connectivity index is 2.66. The number of hydrogen-bond acceptors (Lipinski definition) is 4. The number of carbonyl (C=O) groups excluding carboxylic acids is 2. The number of esters is 1. The average molecular weight is 370 g/mol. The molecule has 0 aliphatic rings. The monoisotopic (exact) mass is 369 g/mol. The summed E-state index contributed by atoms with van der Waals surface area (Å²) < 4.78 is 10.4. The molecule has 0 heterocycles. The predicted octanol–water partition coefficient (Wildman–Crippen LogP) is 3.77. The van der Waals surface area contributed by atoms with Crippen LogP contribution < -0.4 is 4.74 Å². The number of halogens is 1. The molecule has 6 heteroatoms. The van der Waals surface area contributed by atoms with Crippen LogP contribution in [0.5, 0.6) is 5.75 Å². The Morgan fingerprint density at radius 3 is 2.24 bits per heavy atom. The van der Waals surface area contributed by atoms with E-state index in [2.05, 4.69) is 0 Å². The van der Waals surface area contributed by atoms with Crippen LogP contribution in [-0.2, 0) is 20.9 Å². The second-order valence-electron chi connectivity index (χ2n) is 6.99. The van der Waals surface area contributed by atoms with Crippen LogP contribution in [0.4, 0.5) is 0 Å². The molecule has 1 rings (SSSR count). The molecule has 0 aliphatic carbocycles. The molecule has 5 nitrogen and oxygen atoms in total. The van der Waals surface area contributed by atoms with Crippen molar-refractivity contribution in [3.63, 3.8) is 0 Å². The first-order valence-corrected chi connectivity index (χ1v) is 8.81. The lowest BCUT2D eigenvalue weighted by Gasteiger charge is -2.25. The number of methoxy groups -OCH3 is 1. The number of benzene rings is 1. The third-order valence-corrected chi connectivity index (χ3v) is 3.46. The third kappa shape index (κ3) is 8.77. The van der Waals surface area contributed by atoms with Gasteiger partial charge < -0.3 is 14.4 Å². The van der Waals surface area contributed by atoms with Gasteiger partial charge in [0.15, 0.2) is 0 Å². The second-order valence-corrected chi connectivity index (χ2v) is 7.73. The number of alkyl halides is 1. The van der Waals surface area contributed by atoms with Gasteiger partial charge in [0.1, 0.15) is 11.4 Å². The highest BCUT2D eigenvalue weighted by Gasteiger charge is 2.20.